The number of hydrogen-bond donors (Lipinski definition) is 0. The van der Waals surface area contributed by atoms with E-state index in [0.717, 1.165) is 28.8 Å². The van der Waals surface area contributed by atoms with E-state index in [4.69, 9.17) is 0 Å². The third-order valence-corrected chi connectivity index (χ3v) is 6.20. The molecule has 0 aliphatic rings. The van der Waals surface area contributed by atoms with E-state index in [1.807, 2.05) is 6.26 Å². The Bertz CT molecular complexity index is 686. The molecule has 9 heteroatoms. The van der Waals surface area contributed by atoms with Gasteiger partial charge in [-0.1, -0.05) is 0 Å². The van der Waals surface area contributed by atoms with Gasteiger partial charge in [0.05, 0.1) is 4.90 Å². The Balaban J connectivity index is 3.31. The van der Waals surface area contributed by atoms with Crippen LogP contribution in [0.2, 0.25) is 0 Å². The molecular weight excluding hydrogens is 325 g/mol. The molecule has 20 heavy (non-hydrogen) atoms. The average Bonchev–Trinajstić information content (AvgIpc) is 2.34. The molecule has 0 fully saturated rings. The minimum absolute atomic E-state index is 0.214. The molecule has 1 aromatic rings. The lowest BCUT2D eigenvalue weighted by Crippen LogP contribution is -2.30. The van der Waals surface area contributed by atoms with Crippen LogP contribution in [0, 0.1) is 5.82 Å². The maximum Gasteiger partial charge on any atom is 0.245 e. The highest BCUT2D eigenvalue weighted by atomic mass is 32.2. The molecule has 114 valence electrons. The predicted molar refractivity (Wildman–Crippen MR) is 77.7 cm³/mol. The fourth-order valence-corrected chi connectivity index (χ4v) is 3.97. The molecule has 0 atom stereocenters. The van der Waals surface area contributed by atoms with Crippen molar-refractivity contribution in [3.05, 3.63) is 24.0 Å². The van der Waals surface area contributed by atoms with E-state index in [2.05, 4.69) is 0 Å². The van der Waals surface area contributed by atoms with Crippen molar-refractivity contribution in [2.45, 2.75) is 9.79 Å². The first-order valence-electron chi connectivity index (χ1n) is 5.55. The molecule has 1 rings (SSSR count). The summed E-state index contributed by atoms with van der Waals surface area (Å²) in [5, 5.41) is 0. The number of thioether (sulfide) groups is 1. The van der Waals surface area contributed by atoms with Gasteiger partial charge in [0.15, 0.2) is 9.84 Å². The van der Waals surface area contributed by atoms with E-state index in [-0.39, 0.29) is 11.4 Å². The van der Waals surface area contributed by atoms with E-state index in [1.165, 1.54) is 18.8 Å². The summed E-state index contributed by atoms with van der Waals surface area (Å²) in [5.41, 5.74) is 0. The molecule has 0 aromatic heterocycles. The van der Waals surface area contributed by atoms with E-state index < -0.39 is 30.6 Å². The standard InChI is InChI=1S/C11H16FNO4S3/c1-13(6-7-18-2)20(16,17)11-8-9(19(3,14)15)4-5-10(11)12/h4-5,8H,6-7H2,1-3H3. The van der Waals surface area contributed by atoms with Gasteiger partial charge in [-0.2, -0.15) is 11.8 Å². The maximum absolute atomic E-state index is 13.7. The second-order valence-electron chi connectivity index (χ2n) is 4.18. The molecule has 0 N–H and O–H groups in total. The van der Waals surface area contributed by atoms with E-state index in [9.17, 15) is 21.2 Å². The van der Waals surface area contributed by atoms with Crippen molar-refractivity contribution in [2.75, 3.05) is 31.9 Å². The number of rotatable bonds is 6. The lowest BCUT2D eigenvalue weighted by molar-refractivity contribution is 0.479. The van der Waals surface area contributed by atoms with Crippen molar-refractivity contribution in [1.29, 1.82) is 0 Å². The topological polar surface area (TPSA) is 71.5 Å². The van der Waals surface area contributed by atoms with Crippen LogP contribution in [0.25, 0.3) is 0 Å². The molecule has 0 heterocycles. The van der Waals surface area contributed by atoms with Gasteiger partial charge in [0.25, 0.3) is 0 Å². The lowest BCUT2D eigenvalue weighted by atomic mass is 10.3. The first-order chi connectivity index (χ1) is 9.10. The number of benzene rings is 1. The summed E-state index contributed by atoms with van der Waals surface area (Å²) >= 11 is 1.46. The van der Waals surface area contributed by atoms with Crippen molar-refractivity contribution < 1.29 is 21.2 Å². The molecule has 1 aromatic carbocycles. The number of halogens is 1. The van der Waals surface area contributed by atoms with Crippen LogP contribution >= 0.6 is 11.8 Å². The molecule has 0 saturated heterocycles. The molecule has 0 unspecified atom stereocenters. The van der Waals surface area contributed by atoms with Crippen LogP contribution in [0.4, 0.5) is 4.39 Å². The summed E-state index contributed by atoms with van der Waals surface area (Å²) in [6, 6.07) is 2.76. The highest BCUT2D eigenvalue weighted by Gasteiger charge is 2.25. The van der Waals surface area contributed by atoms with Crippen LogP contribution in [-0.2, 0) is 19.9 Å². The Hall–Kier alpha value is -0.640. The molecule has 0 saturated carbocycles. The highest BCUT2D eigenvalue weighted by molar-refractivity contribution is 7.98. The van der Waals surface area contributed by atoms with Crippen LogP contribution < -0.4 is 0 Å². The van der Waals surface area contributed by atoms with Crippen LogP contribution in [0.5, 0.6) is 0 Å². The second-order valence-corrected chi connectivity index (χ2v) is 9.20. The van der Waals surface area contributed by atoms with Crippen molar-refractivity contribution in [3.8, 4) is 0 Å². The SMILES string of the molecule is CSCCN(C)S(=O)(=O)c1cc(S(C)(=O)=O)ccc1F. The normalized spacial score (nSPS) is 12.8. The van der Waals surface area contributed by atoms with E-state index in [1.54, 1.807) is 0 Å². The fraction of sp³-hybridized carbons (Fsp3) is 0.455. The Morgan fingerprint density at radius 1 is 1.25 bits per heavy atom. The second kappa shape index (κ2) is 6.42. The maximum atomic E-state index is 13.7. The quantitative estimate of drug-likeness (QED) is 0.728. The highest BCUT2D eigenvalue weighted by Crippen LogP contribution is 2.22. The number of sulfone groups is 1. The predicted octanol–water partition coefficient (Wildman–Crippen LogP) is 1.21. The summed E-state index contributed by atoms with van der Waals surface area (Å²) in [6.45, 7) is 0.214. The summed E-state index contributed by atoms with van der Waals surface area (Å²) in [5.74, 6) is -0.406. The van der Waals surface area contributed by atoms with Crippen molar-refractivity contribution in [2.24, 2.45) is 0 Å². The minimum atomic E-state index is -4.04. The van der Waals surface area contributed by atoms with Crippen LogP contribution in [0.3, 0.4) is 0 Å². The van der Waals surface area contributed by atoms with Gasteiger partial charge in [0, 0.05) is 25.6 Å². The summed E-state index contributed by atoms with van der Waals surface area (Å²) in [4.78, 5) is -0.847. The van der Waals surface area contributed by atoms with Gasteiger partial charge in [-0.25, -0.2) is 25.5 Å². The minimum Gasteiger partial charge on any atom is -0.224 e. The van der Waals surface area contributed by atoms with Gasteiger partial charge in [-0.05, 0) is 24.5 Å². The van der Waals surface area contributed by atoms with Gasteiger partial charge in [0.1, 0.15) is 10.7 Å². The number of hydrogen-bond acceptors (Lipinski definition) is 5. The number of nitrogens with zero attached hydrogens (tertiary/aromatic N) is 1. The van der Waals surface area contributed by atoms with Crippen molar-refractivity contribution in [3.63, 3.8) is 0 Å². The van der Waals surface area contributed by atoms with Crippen molar-refractivity contribution >= 4 is 31.6 Å². The lowest BCUT2D eigenvalue weighted by Gasteiger charge is -2.17. The Labute approximate surface area is 123 Å². The zero-order valence-corrected chi connectivity index (χ0v) is 13.8. The molecule has 0 bridgehead atoms. The Kier molecular flexibility index (Phi) is 5.59. The number of sulfonamides is 1. The molecule has 0 spiro atoms. The van der Waals surface area contributed by atoms with Crippen LogP contribution in [0.1, 0.15) is 0 Å². The Morgan fingerprint density at radius 2 is 1.85 bits per heavy atom. The Morgan fingerprint density at radius 3 is 2.35 bits per heavy atom. The van der Waals surface area contributed by atoms with Gasteiger partial charge < -0.3 is 0 Å². The van der Waals surface area contributed by atoms with E-state index in [0.29, 0.717) is 5.75 Å². The molecule has 0 aliphatic heterocycles. The summed E-state index contributed by atoms with van der Waals surface area (Å²) < 4.78 is 62.0. The first-order valence-corrected chi connectivity index (χ1v) is 10.3. The average molecular weight is 341 g/mol. The van der Waals surface area contributed by atoms with Crippen LogP contribution in [-0.4, -0.2) is 53.0 Å². The molecule has 0 radical (unpaired) electrons. The first kappa shape index (κ1) is 17.4. The summed E-state index contributed by atoms with van der Waals surface area (Å²) in [6.07, 6.45) is 2.76. The van der Waals surface area contributed by atoms with Gasteiger partial charge >= 0.3 is 0 Å². The van der Waals surface area contributed by atoms with Crippen LogP contribution in [0.15, 0.2) is 28.0 Å². The smallest absolute Gasteiger partial charge is 0.224 e. The third-order valence-electron chi connectivity index (χ3n) is 2.63. The fourth-order valence-electron chi connectivity index (χ4n) is 1.42. The largest absolute Gasteiger partial charge is 0.245 e. The van der Waals surface area contributed by atoms with E-state index >= 15 is 0 Å². The molecule has 0 aliphatic carbocycles. The summed E-state index contributed by atoms with van der Waals surface area (Å²) in [7, 11) is -6.31. The molecule has 5 nitrogen and oxygen atoms in total. The molecule has 0 amide bonds. The molecular formula is C11H16FNO4S3. The van der Waals surface area contributed by atoms with Gasteiger partial charge in [-0.3, -0.25) is 0 Å². The van der Waals surface area contributed by atoms with Gasteiger partial charge in [-0.15, -0.1) is 0 Å². The van der Waals surface area contributed by atoms with Crippen molar-refractivity contribution in [1.82, 2.24) is 4.31 Å². The third kappa shape index (κ3) is 3.94. The monoisotopic (exact) mass is 341 g/mol. The zero-order chi connectivity index (χ0) is 15.6. The zero-order valence-electron chi connectivity index (χ0n) is 11.3. The van der Waals surface area contributed by atoms with Gasteiger partial charge in [0.2, 0.25) is 10.0 Å².